The minimum atomic E-state index is -0.139. The molecule has 0 radical (unpaired) electrons. The van der Waals surface area contributed by atoms with Crippen LogP contribution in [0.15, 0.2) is 47.4 Å². The maximum absolute atomic E-state index is 12.9. The van der Waals surface area contributed by atoms with Crippen molar-refractivity contribution in [1.29, 1.82) is 0 Å². The average Bonchev–Trinajstić information content (AvgIpc) is 3.18. The molecule has 6 nitrogen and oxygen atoms in total. The van der Waals surface area contributed by atoms with E-state index in [1.807, 2.05) is 40.9 Å². The summed E-state index contributed by atoms with van der Waals surface area (Å²) in [6.45, 7) is 8.61. The molecular formula is C23H30N4O2. The van der Waals surface area contributed by atoms with E-state index in [2.05, 4.69) is 24.1 Å². The standard InChI is InChI=1S/C23H30N4O2/c1-17-13-18(2)15-25(14-17)11-6-10-24-22(28)16-27-20-8-4-3-7-19(20)26-12-5-9-21(26)23(27)29/h3-5,7-9,12,17-18H,6,10-11,13-16H2,1-2H3,(H,24,28). The molecule has 6 heteroatoms. The van der Waals surface area contributed by atoms with Crippen molar-refractivity contribution < 1.29 is 4.79 Å². The van der Waals surface area contributed by atoms with Gasteiger partial charge in [0.25, 0.3) is 5.56 Å². The summed E-state index contributed by atoms with van der Waals surface area (Å²) < 4.78 is 3.46. The van der Waals surface area contributed by atoms with Gasteiger partial charge in [-0.2, -0.15) is 0 Å². The number of hydrogen-bond acceptors (Lipinski definition) is 3. The lowest BCUT2D eigenvalue weighted by atomic mass is 9.92. The third kappa shape index (κ3) is 4.22. The van der Waals surface area contributed by atoms with Gasteiger partial charge in [0.2, 0.25) is 5.91 Å². The summed E-state index contributed by atoms with van der Waals surface area (Å²) in [7, 11) is 0. The number of amides is 1. The number of piperidine rings is 1. The van der Waals surface area contributed by atoms with Gasteiger partial charge < -0.3 is 14.6 Å². The highest BCUT2D eigenvalue weighted by Gasteiger charge is 2.21. The van der Waals surface area contributed by atoms with E-state index in [9.17, 15) is 9.59 Å². The summed E-state index contributed by atoms with van der Waals surface area (Å²) in [5.74, 6) is 1.38. The van der Waals surface area contributed by atoms with Crippen molar-refractivity contribution in [2.24, 2.45) is 11.8 Å². The molecule has 1 N–H and O–H groups in total. The Morgan fingerprint density at radius 1 is 1.03 bits per heavy atom. The van der Waals surface area contributed by atoms with Gasteiger partial charge in [0.15, 0.2) is 0 Å². The Bertz CT molecular complexity index is 1060. The van der Waals surface area contributed by atoms with Crippen molar-refractivity contribution in [3.05, 3.63) is 52.9 Å². The molecule has 1 fully saturated rings. The molecule has 0 saturated carbocycles. The summed E-state index contributed by atoms with van der Waals surface area (Å²) in [6, 6.07) is 11.4. The summed E-state index contributed by atoms with van der Waals surface area (Å²) in [5.41, 5.74) is 2.14. The number of para-hydroxylation sites is 2. The minimum Gasteiger partial charge on any atom is -0.355 e. The van der Waals surface area contributed by atoms with E-state index in [1.165, 1.54) is 6.42 Å². The molecule has 3 heterocycles. The van der Waals surface area contributed by atoms with E-state index >= 15 is 0 Å². The number of carbonyl (C=O) groups is 1. The molecular weight excluding hydrogens is 364 g/mol. The first kappa shape index (κ1) is 19.7. The van der Waals surface area contributed by atoms with Gasteiger partial charge in [0, 0.05) is 25.8 Å². The predicted octanol–water partition coefficient (Wildman–Crippen LogP) is 2.74. The molecule has 4 rings (SSSR count). The van der Waals surface area contributed by atoms with Crippen LogP contribution in [-0.4, -0.2) is 46.0 Å². The van der Waals surface area contributed by atoms with Gasteiger partial charge >= 0.3 is 0 Å². The van der Waals surface area contributed by atoms with Gasteiger partial charge in [0.1, 0.15) is 12.1 Å². The Kier molecular flexibility index (Phi) is 5.72. The number of rotatable bonds is 6. The number of likely N-dealkylation sites (tertiary alicyclic amines) is 1. The monoisotopic (exact) mass is 394 g/mol. The van der Waals surface area contributed by atoms with Crippen LogP contribution in [0, 0.1) is 11.8 Å². The molecule has 29 heavy (non-hydrogen) atoms. The van der Waals surface area contributed by atoms with Crippen LogP contribution in [0.4, 0.5) is 0 Å². The van der Waals surface area contributed by atoms with E-state index in [-0.39, 0.29) is 18.0 Å². The summed E-state index contributed by atoms with van der Waals surface area (Å²) in [5, 5.41) is 2.99. The Morgan fingerprint density at radius 2 is 1.72 bits per heavy atom. The number of aromatic nitrogens is 2. The zero-order valence-electron chi connectivity index (χ0n) is 17.3. The van der Waals surface area contributed by atoms with E-state index in [0.717, 1.165) is 48.9 Å². The Hall–Kier alpha value is -2.60. The number of carbonyl (C=O) groups excluding carboxylic acids is 1. The van der Waals surface area contributed by atoms with Crippen molar-refractivity contribution in [2.75, 3.05) is 26.2 Å². The quantitative estimate of drug-likeness (QED) is 0.654. The van der Waals surface area contributed by atoms with Crippen LogP contribution in [0.25, 0.3) is 16.6 Å². The number of fused-ring (bicyclic) bond motifs is 3. The topological polar surface area (TPSA) is 58.8 Å². The average molecular weight is 395 g/mol. The Balaban J connectivity index is 1.39. The van der Waals surface area contributed by atoms with Crippen LogP contribution in [-0.2, 0) is 11.3 Å². The van der Waals surface area contributed by atoms with Gasteiger partial charge in [-0.15, -0.1) is 0 Å². The lowest BCUT2D eigenvalue weighted by Crippen LogP contribution is -2.40. The zero-order valence-corrected chi connectivity index (χ0v) is 17.3. The molecule has 1 aliphatic heterocycles. The van der Waals surface area contributed by atoms with Crippen LogP contribution in [0.1, 0.15) is 26.7 Å². The highest BCUT2D eigenvalue weighted by atomic mass is 16.2. The summed E-state index contributed by atoms with van der Waals surface area (Å²) in [4.78, 5) is 27.9. The van der Waals surface area contributed by atoms with E-state index in [1.54, 1.807) is 10.6 Å². The summed E-state index contributed by atoms with van der Waals surface area (Å²) in [6.07, 6.45) is 4.12. The zero-order chi connectivity index (χ0) is 20.4. The van der Waals surface area contributed by atoms with Crippen LogP contribution >= 0.6 is 0 Å². The molecule has 2 unspecified atom stereocenters. The van der Waals surface area contributed by atoms with Gasteiger partial charge in [-0.3, -0.25) is 14.2 Å². The Labute approximate surface area is 171 Å². The van der Waals surface area contributed by atoms with Crippen LogP contribution in [0.2, 0.25) is 0 Å². The van der Waals surface area contributed by atoms with Crippen molar-refractivity contribution in [1.82, 2.24) is 19.2 Å². The van der Waals surface area contributed by atoms with Crippen molar-refractivity contribution in [3.63, 3.8) is 0 Å². The minimum absolute atomic E-state index is 0.0405. The first-order valence-corrected chi connectivity index (χ1v) is 10.6. The summed E-state index contributed by atoms with van der Waals surface area (Å²) >= 11 is 0. The number of benzene rings is 1. The fraction of sp³-hybridized carbons (Fsp3) is 0.478. The normalized spacial score (nSPS) is 20.3. The molecule has 1 aromatic carbocycles. The van der Waals surface area contributed by atoms with E-state index < -0.39 is 0 Å². The van der Waals surface area contributed by atoms with E-state index in [0.29, 0.717) is 12.1 Å². The molecule has 154 valence electrons. The largest absolute Gasteiger partial charge is 0.355 e. The number of hydrogen-bond donors (Lipinski definition) is 1. The molecule has 0 spiro atoms. The third-order valence-electron chi connectivity index (χ3n) is 5.86. The molecule has 2 aromatic heterocycles. The molecule has 1 aliphatic rings. The molecule has 0 bridgehead atoms. The molecule has 0 aliphatic carbocycles. The fourth-order valence-electron chi connectivity index (χ4n) is 4.77. The predicted molar refractivity (Wildman–Crippen MR) is 116 cm³/mol. The lowest BCUT2D eigenvalue weighted by molar-refractivity contribution is -0.121. The van der Waals surface area contributed by atoms with Gasteiger partial charge in [0.05, 0.1) is 11.0 Å². The second-order valence-electron chi connectivity index (χ2n) is 8.55. The van der Waals surface area contributed by atoms with Crippen LogP contribution in [0.3, 0.4) is 0 Å². The second-order valence-corrected chi connectivity index (χ2v) is 8.55. The molecule has 1 saturated heterocycles. The van der Waals surface area contributed by atoms with Crippen LogP contribution in [0.5, 0.6) is 0 Å². The molecule has 3 aromatic rings. The first-order valence-electron chi connectivity index (χ1n) is 10.6. The van der Waals surface area contributed by atoms with Gasteiger partial charge in [-0.05, 0) is 55.5 Å². The fourth-order valence-corrected chi connectivity index (χ4v) is 4.77. The van der Waals surface area contributed by atoms with Crippen molar-refractivity contribution in [2.45, 2.75) is 33.2 Å². The number of nitrogens with one attached hydrogen (secondary N) is 1. The number of nitrogens with zero attached hydrogens (tertiary/aromatic N) is 3. The first-order chi connectivity index (χ1) is 14.0. The molecule has 2 atom stereocenters. The maximum Gasteiger partial charge on any atom is 0.275 e. The third-order valence-corrected chi connectivity index (χ3v) is 5.86. The lowest BCUT2D eigenvalue weighted by Gasteiger charge is -2.34. The second kappa shape index (κ2) is 8.41. The Morgan fingerprint density at radius 3 is 2.48 bits per heavy atom. The highest BCUT2D eigenvalue weighted by Crippen LogP contribution is 2.20. The van der Waals surface area contributed by atoms with Crippen molar-refractivity contribution >= 4 is 22.5 Å². The smallest absolute Gasteiger partial charge is 0.275 e. The maximum atomic E-state index is 12.9. The SMILES string of the molecule is CC1CC(C)CN(CCCNC(=O)Cn2c(=O)c3cccn3c3ccccc32)C1. The van der Waals surface area contributed by atoms with Crippen LogP contribution < -0.4 is 10.9 Å². The van der Waals surface area contributed by atoms with Gasteiger partial charge in [-0.25, -0.2) is 0 Å². The van der Waals surface area contributed by atoms with Crippen molar-refractivity contribution in [3.8, 4) is 0 Å². The molecule has 1 amide bonds. The highest BCUT2D eigenvalue weighted by molar-refractivity contribution is 5.82. The van der Waals surface area contributed by atoms with E-state index in [4.69, 9.17) is 0 Å². The van der Waals surface area contributed by atoms with Gasteiger partial charge in [-0.1, -0.05) is 26.0 Å².